The van der Waals surface area contributed by atoms with E-state index < -0.39 is 11.6 Å². The van der Waals surface area contributed by atoms with Crippen molar-refractivity contribution in [1.82, 2.24) is 0 Å². The van der Waals surface area contributed by atoms with Gasteiger partial charge in [0.15, 0.2) is 11.6 Å². The molecule has 0 fully saturated rings. The number of rotatable bonds is 3. The first-order chi connectivity index (χ1) is 8.60. The van der Waals surface area contributed by atoms with E-state index in [4.69, 9.17) is 4.74 Å². The highest BCUT2D eigenvalue weighted by atomic mass is 19.2. The average Bonchev–Trinajstić information content (AvgIpc) is 2.36. The van der Waals surface area contributed by atoms with E-state index in [9.17, 15) is 13.9 Å². The minimum atomic E-state index is -0.967. The molecule has 2 rings (SSSR count). The molecule has 0 aromatic heterocycles. The highest BCUT2D eigenvalue weighted by Gasteiger charge is 2.07. The van der Waals surface area contributed by atoms with E-state index in [1.165, 1.54) is 6.07 Å². The van der Waals surface area contributed by atoms with Gasteiger partial charge >= 0.3 is 0 Å². The van der Waals surface area contributed by atoms with Crippen LogP contribution in [0.1, 0.15) is 11.1 Å². The van der Waals surface area contributed by atoms with Crippen LogP contribution in [-0.2, 0) is 6.61 Å². The van der Waals surface area contributed by atoms with E-state index >= 15 is 0 Å². The highest BCUT2D eigenvalue weighted by Crippen LogP contribution is 2.27. The minimum Gasteiger partial charge on any atom is -0.457 e. The van der Waals surface area contributed by atoms with E-state index in [0.29, 0.717) is 11.3 Å². The van der Waals surface area contributed by atoms with Crippen LogP contribution in [0.5, 0.6) is 11.5 Å². The van der Waals surface area contributed by atoms with Crippen LogP contribution in [0.15, 0.2) is 36.4 Å². The summed E-state index contributed by atoms with van der Waals surface area (Å²) in [7, 11) is 0. The van der Waals surface area contributed by atoms with Gasteiger partial charge in [-0.05, 0) is 25.1 Å². The van der Waals surface area contributed by atoms with Gasteiger partial charge in [0, 0.05) is 11.6 Å². The molecule has 4 heteroatoms. The number of halogens is 2. The largest absolute Gasteiger partial charge is 0.457 e. The fourth-order valence-electron chi connectivity index (χ4n) is 1.60. The first-order valence-corrected chi connectivity index (χ1v) is 5.43. The van der Waals surface area contributed by atoms with Crippen molar-refractivity contribution in [2.45, 2.75) is 13.5 Å². The van der Waals surface area contributed by atoms with E-state index in [2.05, 4.69) is 0 Å². The third kappa shape index (κ3) is 2.65. The van der Waals surface area contributed by atoms with Crippen LogP contribution in [0.4, 0.5) is 8.78 Å². The summed E-state index contributed by atoms with van der Waals surface area (Å²) in [6.07, 6.45) is 0. The van der Waals surface area contributed by atoms with Gasteiger partial charge in [-0.25, -0.2) is 8.78 Å². The summed E-state index contributed by atoms with van der Waals surface area (Å²) in [5.41, 5.74) is 1.58. The number of ether oxygens (including phenoxy) is 1. The van der Waals surface area contributed by atoms with Gasteiger partial charge in [0.05, 0.1) is 6.61 Å². The molecule has 0 atom stereocenters. The molecule has 0 aliphatic carbocycles. The predicted molar refractivity (Wildman–Crippen MR) is 63.5 cm³/mol. The molecule has 0 bridgehead atoms. The van der Waals surface area contributed by atoms with Crippen LogP contribution in [0, 0.1) is 18.6 Å². The van der Waals surface area contributed by atoms with Crippen molar-refractivity contribution in [2.24, 2.45) is 0 Å². The smallest absolute Gasteiger partial charge is 0.162 e. The van der Waals surface area contributed by atoms with Crippen molar-refractivity contribution in [3.05, 3.63) is 59.2 Å². The molecule has 0 unspecified atom stereocenters. The Morgan fingerprint density at radius 1 is 1.06 bits per heavy atom. The molecule has 0 aliphatic heterocycles. The van der Waals surface area contributed by atoms with Gasteiger partial charge in [-0.15, -0.1) is 0 Å². The molecular weight excluding hydrogens is 238 g/mol. The molecule has 18 heavy (non-hydrogen) atoms. The van der Waals surface area contributed by atoms with Crippen molar-refractivity contribution in [3.8, 4) is 11.5 Å². The number of benzene rings is 2. The van der Waals surface area contributed by atoms with Gasteiger partial charge in [-0.1, -0.05) is 17.7 Å². The zero-order valence-electron chi connectivity index (χ0n) is 9.78. The van der Waals surface area contributed by atoms with Crippen LogP contribution in [0.2, 0.25) is 0 Å². The Morgan fingerprint density at radius 3 is 2.50 bits per heavy atom. The molecule has 2 aromatic rings. The lowest BCUT2D eigenvalue weighted by Gasteiger charge is -2.10. The summed E-state index contributed by atoms with van der Waals surface area (Å²) in [6, 6.07) is 8.57. The fraction of sp³-hybridized carbons (Fsp3) is 0.143. The van der Waals surface area contributed by atoms with Crippen LogP contribution in [0.25, 0.3) is 0 Å². The zero-order valence-corrected chi connectivity index (χ0v) is 9.78. The summed E-state index contributed by atoms with van der Waals surface area (Å²) in [5.74, 6) is -1.28. The topological polar surface area (TPSA) is 29.5 Å². The molecule has 1 N–H and O–H groups in total. The van der Waals surface area contributed by atoms with Crippen LogP contribution < -0.4 is 4.74 Å². The molecule has 0 aliphatic rings. The Morgan fingerprint density at radius 2 is 1.83 bits per heavy atom. The quantitative estimate of drug-likeness (QED) is 0.902. The molecule has 0 saturated carbocycles. The van der Waals surface area contributed by atoms with E-state index in [-0.39, 0.29) is 12.4 Å². The predicted octanol–water partition coefficient (Wildman–Crippen LogP) is 3.56. The van der Waals surface area contributed by atoms with Crippen molar-refractivity contribution in [2.75, 3.05) is 0 Å². The van der Waals surface area contributed by atoms with Crippen molar-refractivity contribution >= 4 is 0 Å². The maximum absolute atomic E-state index is 13.0. The summed E-state index contributed by atoms with van der Waals surface area (Å²) in [5, 5.41) is 9.21. The Labute approximate surface area is 103 Å². The second-order valence-corrected chi connectivity index (χ2v) is 3.95. The second kappa shape index (κ2) is 5.14. The van der Waals surface area contributed by atoms with Gasteiger partial charge in [-0.2, -0.15) is 0 Å². The van der Waals surface area contributed by atoms with Gasteiger partial charge in [0.25, 0.3) is 0 Å². The lowest BCUT2D eigenvalue weighted by atomic mass is 10.1. The van der Waals surface area contributed by atoms with Gasteiger partial charge in [0.2, 0.25) is 0 Å². The number of aryl methyl sites for hydroxylation is 1. The molecule has 94 valence electrons. The maximum Gasteiger partial charge on any atom is 0.162 e. The summed E-state index contributed by atoms with van der Waals surface area (Å²) in [4.78, 5) is 0. The van der Waals surface area contributed by atoms with Gasteiger partial charge in [0.1, 0.15) is 11.5 Å². The zero-order chi connectivity index (χ0) is 13.1. The Bertz CT molecular complexity index is 568. The molecule has 0 heterocycles. The summed E-state index contributed by atoms with van der Waals surface area (Å²) < 4.78 is 31.2. The number of hydrogen-bond acceptors (Lipinski definition) is 2. The number of hydrogen-bond donors (Lipinski definition) is 1. The molecule has 0 spiro atoms. The van der Waals surface area contributed by atoms with E-state index in [1.54, 1.807) is 12.1 Å². The SMILES string of the molecule is Cc1ccc(Oc2ccc(F)c(F)c2)c(CO)c1. The normalized spacial score (nSPS) is 10.4. The van der Waals surface area contributed by atoms with Crippen molar-refractivity contribution in [3.63, 3.8) is 0 Å². The third-order valence-electron chi connectivity index (χ3n) is 2.51. The first-order valence-electron chi connectivity index (χ1n) is 5.43. The van der Waals surface area contributed by atoms with Crippen LogP contribution >= 0.6 is 0 Å². The highest BCUT2D eigenvalue weighted by molar-refractivity contribution is 5.40. The summed E-state index contributed by atoms with van der Waals surface area (Å²) in [6.45, 7) is 1.71. The van der Waals surface area contributed by atoms with E-state index in [0.717, 1.165) is 17.7 Å². The maximum atomic E-state index is 13.0. The Kier molecular flexibility index (Phi) is 3.58. The van der Waals surface area contributed by atoms with Gasteiger partial charge < -0.3 is 9.84 Å². The van der Waals surface area contributed by atoms with Crippen LogP contribution in [0.3, 0.4) is 0 Å². The Balaban J connectivity index is 2.30. The number of aliphatic hydroxyl groups excluding tert-OH is 1. The molecule has 0 amide bonds. The third-order valence-corrected chi connectivity index (χ3v) is 2.51. The van der Waals surface area contributed by atoms with Crippen molar-refractivity contribution < 1.29 is 18.6 Å². The first kappa shape index (κ1) is 12.5. The van der Waals surface area contributed by atoms with Crippen LogP contribution in [-0.4, -0.2) is 5.11 Å². The molecular formula is C14H12F2O2. The lowest BCUT2D eigenvalue weighted by Crippen LogP contribution is -1.93. The number of aliphatic hydroxyl groups is 1. The van der Waals surface area contributed by atoms with E-state index in [1.807, 2.05) is 13.0 Å². The average molecular weight is 250 g/mol. The molecule has 0 radical (unpaired) electrons. The standard InChI is InChI=1S/C14H12F2O2/c1-9-2-5-14(10(6-9)8-17)18-11-3-4-12(15)13(16)7-11/h2-7,17H,8H2,1H3. The monoisotopic (exact) mass is 250 g/mol. The summed E-state index contributed by atoms with van der Waals surface area (Å²) >= 11 is 0. The second-order valence-electron chi connectivity index (χ2n) is 3.95. The minimum absolute atomic E-state index is 0.180. The Hall–Kier alpha value is -1.94. The molecule has 2 nitrogen and oxygen atoms in total. The molecule has 2 aromatic carbocycles. The fourth-order valence-corrected chi connectivity index (χ4v) is 1.60. The molecule has 0 saturated heterocycles. The van der Waals surface area contributed by atoms with Gasteiger partial charge in [-0.3, -0.25) is 0 Å². The lowest BCUT2D eigenvalue weighted by molar-refractivity contribution is 0.276. The van der Waals surface area contributed by atoms with Crippen molar-refractivity contribution in [1.29, 1.82) is 0 Å².